The zero-order valence-electron chi connectivity index (χ0n) is 11.5. The quantitative estimate of drug-likeness (QED) is 0.488. The lowest BCUT2D eigenvalue weighted by molar-refractivity contribution is -0.138. The summed E-state index contributed by atoms with van der Waals surface area (Å²) in [4.78, 5) is 21.5. The maximum absolute atomic E-state index is 11.2. The zero-order chi connectivity index (χ0) is 14.5. The van der Waals surface area contributed by atoms with E-state index in [1.54, 1.807) is 19.3 Å². The van der Waals surface area contributed by atoms with Crippen molar-refractivity contribution in [1.29, 1.82) is 0 Å². The Bertz CT molecular complexity index is 353. The molecule has 0 aromatic carbocycles. The van der Waals surface area contributed by atoms with Gasteiger partial charge in [0.05, 0.1) is 12.5 Å². The number of aliphatic carboxylic acids is 1. The molecule has 1 atom stereocenters. The predicted molar refractivity (Wildman–Crippen MR) is 75.0 cm³/mol. The molecule has 1 N–H and O–H groups in total. The second-order valence-corrected chi connectivity index (χ2v) is 4.05. The van der Waals surface area contributed by atoms with Crippen molar-refractivity contribution < 1.29 is 19.4 Å². The van der Waals surface area contributed by atoms with Gasteiger partial charge >= 0.3 is 5.97 Å². The molecule has 4 nitrogen and oxygen atoms in total. The molecule has 0 rings (SSSR count). The Kier molecular flexibility index (Phi) is 10.4. The van der Waals surface area contributed by atoms with Crippen LogP contribution in [0, 0.1) is 0 Å². The summed E-state index contributed by atoms with van der Waals surface area (Å²) in [6.07, 6.45) is 12.4. The third-order valence-electron chi connectivity index (χ3n) is 2.40. The van der Waals surface area contributed by atoms with E-state index < -0.39 is 5.97 Å². The fourth-order valence-corrected chi connectivity index (χ4v) is 1.37. The molecule has 0 amide bonds. The summed E-state index contributed by atoms with van der Waals surface area (Å²) in [5.74, 6) is -1.14. The van der Waals surface area contributed by atoms with Gasteiger partial charge in [-0.15, -0.1) is 0 Å². The fourth-order valence-electron chi connectivity index (χ4n) is 1.37. The molecule has 0 bridgehead atoms. The molecular weight excluding hydrogens is 244 g/mol. The van der Waals surface area contributed by atoms with E-state index in [1.807, 2.05) is 18.2 Å². The van der Waals surface area contributed by atoms with Gasteiger partial charge < -0.3 is 9.84 Å². The molecule has 0 saturated carbocycles. The van der Waals surface area contributed by atoms with Crippen LogP contribution in [-0.2, 0) is 14.3 Å². The highest BCUT2D eigenvalue weighted by molar-refractivity contribution is 5.91. The molecular formula is C15H22O4. The minimum atomic E-state index is -0.957. The Hall–Kier alpha value is -1.68. The molecule has 4 heteroatoms. The third-order valence-corrected chi connectivity index (χ3v) is 2.40. The minimum Gasteiger partial charge on any atom is -0.481 e. The third kappa shape index (κ3) is 11.2. The first kappa shape index (κ1) is 17.3. The summed E-state index contributed by atoms with van der Waals surface area (Å²) in [5, 5.41) is 8.41. The van der Waals surface area contributed by atoms with Crippen LogP contribution in [0.1, 0.15) is 32.6 Å². The Morgan fingerprint density at radius 2 is 1.84 bits per heavy atom. The van der Waals surface area contributed by atoms with E-state index in [4.69, 9.17) is 9.84 Å². The average Bonchev–Trinajstić information content (AvgIpc) is 2.38. The highest BCUT2D eigenvalue weighted by Crippen LogP contribution is 2.02. The second kappa shape index (κ2) is 11.4. The second-order valence-electron chi connectivity index (χ2n) is 4.05. The van der Waals surface area contributed by atoms with Crippen molar-refractivity contribution in [2.75, 3.05) is 7.11 Å². The number of carboxylic acid groups (broad SMARTS) is 1. The van der Waals surface area contributed by atoms with Crippen LogP contribution in [0.2, 0.25) is 0 Å². The number of rotatable bonds is 10. The van der Waals surface area contributed by atoms with Crippen molar-refractivity contribution in [3.8, 4) is 0 Å². The first-order valence-corrected chi connectivity index (χ1v) is 6.39. The van der Waals surface area contributed by atoms with E-state index in [9.17, 15) is 9.59 Å². The SMILES string of the molecule is CCCC(C=CC=CC=CC(=O)CCC(=O)O)OC. The van der Waals surface area contributed by atoms with Crippen LogP contribution in [0.25, 0.3) is 0 Å². The monoisotopic (exact) mass is 266 g/mol. The molecule has 0 heterocycles. The van der Waals surface area contributed by atoms with Crippen LogP contribution in [0.4, 0.5) is 0 Å². The Labute approximate surface area is 114 Å². The number of hydrogen-bond acceptors (Lipinski definition) is 3. The van der Waals surface area contributed by atoms with Gasteiger partial charge in [0.2, 0.25) is 0 Å². The Morgan fingerprint density at radius 3 is 2.42 bits per heavy atom. The number of methoxy groups -OCH3 is 1. The normalized spacial score (nSPS) is 13.6. The van der Waals surface area contributed by atoms with Gasteiger partial charge in [-0.25, -0.2) is 0 Å². The standard InChI is InChI=1S/C15H22O4/c1-3-8-14(19-2)10-7-5-4-6-9-13(16)11-12-15(17)18/h4-7,9-10,14H,3,8,11-12H2,1-2H3,(H,17,18). The number of carbonyl (C=O) groups excluding carboxylic acids is 1. The number of hydrogen-bond donors (Lipinski definition) is 1. The average molecular weight is 266 g/mol. The van der Waals surface area contributed by atoms with Gasteiger partial charge in [-0.1, -0.05) is 43.7 Å². The Balaban J connectivity index is 3.97. The number of ketones is 1. The minimum absolute atomic E-state index is 0.0394. The van der Waals surface area contributed by atoms with Crippen LogP contribution in [0.3, 0.4) is 0 Å². The van der Waals surface area contributed by atoms with E-state index in [2.05, 4.69) is 6.92 Å². The highest BCUT2D eigenvalue weighted by atomic mass is 16.5. The molecule has 0 aliphatic carbocycles. The van der Waals surface area contributed by atoms with Crippen molar-refractivity contribution in [1.82, 2.24) is 0 Å². The van der Waals surface area contributed by atoms with Crippen molar-refractivity contribution in [2.24, 2.45) is 0 Å². The van der Waals surface area contributed by atoms with Gasteiger partial charge in [0.15, 0.2) is 5.78 Å². The summed E-state index contributed by atoms with van der Waals surface area (Å²) in [6, 6.07) is 0. The topological polar surface area (TPSA) is 63.6 Å². The van der Waals surface area contributed by atoms with Gasteiger partial charge in [0, 0.05) is 13.5 Å². The van der Waals surface area contributed by atoms with Crippen molar-refractivity contribution >= 4 is 11.8 Å². The van der Waals surface area contributed by atoms with Crippen molar-refractivity contribution in [3.05, 3.63) is 36.5 Å². The molecule has 0 aromatic rings. The van der Waals surface area contributed by atoms with Gasteiger partial charge in [-0.2, -0.15) is 0 Å². The molecule has 0 radical (unpaired) electrons. The molecule has 1 unspecified atom stereocenters. The van der Waals surface area contributed by atoms with E-state index in [0.29, 0.717) is 0 Å². The van der Waals surface area contributed by atoms with Crippen LogP contribution < -0.4 is 0 Å². The van der Waals surface area contributed by atoms with Gasteiger partial charge in [0.1, 0.15) is 0 Å². The molecule has 0 aromatic heterocycles. The summed E-state index contributed by atoms with van der Waals surface area (Å²) >= 11 is 0. The lowest BCUT2D eigenvalue weighted by atomic mass is 10.2. The number of allylic oxidation sites excluding steroid dienone is 5. The van der Waals surface area contributed by atoms with Gasteiger partial charge in [-0.3, -0.25) is 9.59 Å². The Morgan fingerprint density at radius 1 is 1.16 bits per heavy atom. The fraction of sp³-hybridized carbons (Fsp3) is 0.467. The lowest BCUT2D eigenvalue weighted by Crippen LogP contribution is -2.05. The smallest absolute Gasteiger partial charge is 0.303 e. The first-order valence-electron chi connectivity index (χ1n) is 6.39. The van der Waals surface area contributed by atoms with E-state index in [0.717, 1.165) is 12.8 Å². The zero-order valence-corrected chi connectivity index (χ0v) is 11.5. The van der Waals surface area contributed by atoms with E-state index in [1.165, 1.54) is 6.08 Å². The molecule has 0 fully saturated rings. The maximum atomic E-state index is 11.2. The molecule has 0 aliphatic rings. The van der Waals surface area contributed by atoms with Crippen LogP contribution in [0.5, 0.6) is 0 Å². The number of ether oxygens (including phenoxy) is 1. The van der Waals surface area contributed by atoms with Gasteiger partial charge in [0.25, 0.3) is 0 Å². The van der Waals surface area contributed by atoms with Gasteiger partial charge in [-0.05, 0) is 12.5 Å². The van der Waals surface area contributed by atoms with Crippen LogP contribution >= 0.6 is 0 Å². The molecule has 106 valence electrons. The largest absolute Gasteiger partial charge is 0.481 e. The van der Waals surface area contributed by atoms with E-state index >= 15 is 0 Å². The molecule has 0 aliphatic heterocycles. The summed E-state index contributed by atoms with van der Waals surface area (Å²) in [6.45, 7) is 2.10. The number of carbonyl (C=O) groups is 2. The molecule has 0 saturated heterocycles. The molecule has 19 heavy (non-hydrogen) atoms. The lowest BCUT2D eigenvalue weighted by Gasteiger charge is -2.07. The van der Waals surface area contributed by atoms with E-state index in [-0.39, 0.29) is 24.7 Å². The summed E-state index contributed by atoms with van der Waals surface area (Å²) < 4.78 is 5.24. The van der Waals surface area contributed by atoms with Crippen LogP contribution in [-0.4, -0.2) is 30.1 Å². The maximum Gasteiger partial charge on any atom is 0.303 e. The van der Waals surface area contributed by atoms with Crippen LogP contribution in [0.15, 0.2) is 36.5 Å². The molecule has 0 spiro atoms. The number of carboxylic acids is 1. The summed E-state index contributed by atoms with van der Waals surface area (Å²) in [5.41, 5.74) is 0. The highest BCUT2D eigenvalue weighted by Gasteiger charge is 2.00. The predicted octanol–water partition coefficient (Wildman–Crippen LogP) is 2.90. The summed E-state index contributed by atoms with van der Waals surface area (Å²) in [7, 11) is 1.68. The van der Waals surface area contributed by atoms with Crippen molar-refractivity contribution in [2.45, 2.75) is 38.7 Å². The van der Waals surface area contributed by atoms with Crippen molar-refractivity contribution in [3.63, 3.8) is 0 Å². The first-order chi connectivity index (χ1) is 9.10.